The highest BCUT2D eigenvalue weighted by Crippen LogP contribution is 2.21. The predicted molar refractivity (Wildman–Crippen MR) is 68.6 cm³/mol. The number of anilines is 1. The summed E-state index contributed by atoms with van der Waals surface area (Å²) in [6.45, 7) is 1.88. The van der Waals surface area contributed by atoms with Crippen LogP contribution in [0.25, 0.3) is 11.3 Å². The molecule has 0 aliphatic carbocycles. The zero-order chi connectivity index (χ0) is 10.8. The third kappa shape index (κ3) is 2.49. The Hall–Kier alpha value is -1.62. The van der Waals surface area contributed by atoms with Crippen LogP contribution in [0.3, 0.4) is 0 Å². The second-order valence-electron chi connectivity index (χ2n) is 3.34. The van der Waals surface area contributed by atoms with E-state index in [4.69, 9.17) is 10.8 Å². The summed E-state index contributed by atoms with van der Waals surface area (Å²) >= 11 is 0. The van der Waals surface area contributed by atoms with Gasteiger partial charge in [0.2, 0.25) is 0 Å². The van der Waals surface area contributed by atoms with Gasteiger partial charge in [0.25, 0.3) is 0 Å². The summed E-state index contributed by atoms with van der Waals surface area (Å²) in [6, 6.07) is 8.67. The minimum absolute atomic E-state index is 0. The summed E-state index contributed by atoms with van der Waals surface area (Å²) in [4.78, 5) is 0. The van der Waals surface area contributed by atoms with Gasteiger partial charge in [0, 0.05) is 5.56 Å². The Balaban J connectivity index is 0.00000128. The first-order chi connectivity index (χ1) is 7.16. The Morgan fingerprint density at radius 3 is 2.31 bits per heavy atom. The topological polar surface area (TPSA) is 72.0 Å². The lowest BCUT2D eigenvalue weighted by Crippen LogP contribution is -1.97. The molecule has 0 saturated carbocycles. The van der Waals surface area contributed by atoms with Gasteiger partial charge in [-0.2, -0.15) is 0 Å². The van der Waals surface area contributed by atoms with Gasteiger partial charge in [-0.15, -0.1) is 27.2 Å². The van der Waals surface area contributed by atoms with Gasteiger partial charge in [0.1, 0.15) is 11.6 Å². The van der Waals surface area contributed by atoms with Crippen LogP contribution in [0.1, 0.15) is 5.56 Å². The number of aryl methyl sites for hydroxylation is 1. The van der Waals surface area contributed by atoms with Crippen molar-refractivity contribution in [1.29, 1.82) is 0 Å². The van der Waals surface area contributed by atoms with Gasteiger partial charge in [-0.25, -0.2) is 0 Å². The SMILES string of the molecule is Br.Cc1cc(-c2ccc(O)cc2)nnc1N. The van der Waals surface area contributed by atoms with Gasteiger partial charge < -0.3 is 10.8 Å². The molecule has 0 fully saturated rings. The Kier molecular flexibility index (Phi) is 3.84. The second-order valence-corrected chi connectivity index (χ2v) is 3.34. The molecular weight excluding hydrogens is 270 g/mol. The molecule has 0 amide bonds. The Morgan fingerprint density at radius 2 is 1.75 bits per heavy atom. The molecule has 3 N–H and O–H groups in total. The highest BCUT2D eigenvalue weighted by molar-refractivity contribution is 8.93. The number of phenols is 1. The molecule has 84 valence electrons. The van der Waals surface area contributed by atoms with E-state index in [1.807, 2.05) is 13.0 Å². The van der Waals surface area contributed by atoms with Crippen LogP contribution in [0.15, 0.2) is 30.3 Å². The molecule has 4 nitrogen and oxygen atoms in total. The monoisotopic (exact) mass is 281 g/mol. The molecule has 1 aromatic heterocycles. The molecule has 0 atom stereocenters. The van der Waals surface area contributed by atoms with E-state index in [9.17, 15) is 0 Å². The van der Waals surface area contributed by atoms with Crippen molar-refractivity contribution in [3.05, 3.63) is 35.9 Å². The molecule has 0 spiro atoms. The number of rotatable bonds is 1. The lowest BCUT2D eigenvalue weighted by atomic mass is 10.1. The Morgan fingerprint density at radius 1 is 1.12 bits per heavy atom. The van der Waals surface area contributed by atoms with Crippen LogP contribution in [-0.2, 0) is 0 Å². The number of nitrogens with two attached hydrogens (primary N) is 1. The number of hydrogen-bond donors (Lipinski definition) is 2. The second kappa shape index (κ2) is 4.94. The Labute approximate surface area is 104 Å². The van der Waals surface area contributed by atoms with Crippen molar-refractivity contribution in [2.75, 3.05) is 5.73 Å². The molecule has 1 heterocycles. The van der Waals surface area contributed by atoms with Crippen molar-refractivity contribution in [2.45, 2.75) is 6.92 Å². The van der Waals surface area contributed by atoms with E-state index in [1.54, 1.807) is 24.3 Å². The molecule has 2 rings (SSSR count). The number of phenolic OH excluding ortho intramolecular Hbond substituents is 1. The molecule has 5 heteroatoms. The maximum atomic E-state index is 9.15. The summed E-state index contributed by atoms with van der Waals surface area (Å²) in [5, 5.41) is 17.0. The summed E-state index contributed by atoms with van der Waals surface area (Å²) in [5.74, 6) is 0.677. The van der Waals surface area contributed by atoms with E-state index >= 15 is 0 Å². The van der Waals surface area contributed by atoms with Gasteiger partial charge in [0.05, 0.1) is 5.69 Å². The van der Waals surface area contributed by atoms with Gasteiger partial charge in [-0.1, -0.05) is 0 Å². The van der Waals surface area contributed by atoms with Crippen molar-refractivity contribution in [3.8, 4) is 17.0 Å². The fraction of sp³-hybridized carbons (Fsp3) is 0.0909. The van der Waals surface area contributed by atoms with Crippen LogP contribution in [0.2, 0.25) is 0 Å². The van der Waals surface area contributed by atoms with Crippen molar-refractivity contribution in [2.24, 2.45) is 0 Å². The number of aromatic hydroxyl groups is 1. The molecule has 0 aliphatic rings. The minimum atomic E-state index is 0. The summed E-state index contributed by atoms with van der Waals surface area (Å²) in [5.41, 5.74) is 8.13. The molecule has 0 unspecified atom stereocenters. The number of nitrogens with zero attached hydrogens (tertiary/aromatic N) is 2. The predicted octanol–water partition coefficient (Wildman–Crippen LogP) is 2.32. The van der Waals surface area contributed by atoms with E-state index in [-0.39, 0.29) is 22.7 Å². The lowest BCUT2D eigenvalue weighted by molar-refractivity contribution is 0.475. The zero-order valence-corrected chi connectivity index (χ0v) is 10.4. The average molecular weight is 282 g/mol. The minimum Gasteiger partial charge on any atom is -0.508 e. The van der Waals surface area contributed by atoms with Gasteiger partial charge in [0.15, 0.2) is 0 Å². The number of nitrogen functional groups attached to an aromatic ring is 1. The van der Waals surface area contributed by atoms with Gasteiger partial charge in [-0.05, 0) is 42.8 Å². The van der Waals surface area contributed by atoms with Crippen molar-refractivity contribution < 1.29 is 5.11 Å². The largest absolute Gasteiger partial charge is 0.508 e. The van der Waals surface area contributed by atoms with E-state index < -0.39 is 0 Å². The first-order valence-electron chi connectivity index (χ1n) is 4.56. The summed E-state index contributed by atoms with van der Waals surface area (Å²) in [7, 11) is 0. The number of halogens is 1. The molecular formula is C11H12BrN3O. The smallest absolute Gasteiger partial charge is 0.149 e. The maximum absolute atomic E-state index is 9.15. The molecule has 0 aliphatic heterocycles. The molecule has 16 heavy (non-hydrogen) atoms. The molecule has 0 radical (unpaired) electrons. The first-order valence-corrected chi connectivity index (χ1v) is 4.56. The normalized spacial score (nSPS) is 9.56. The van der Waals surface area contributed by atoms with E-state index in [0.717, 1.165) is 16.8 Å². The van der Waals surface area contributed by atoms with E-state index in [0.29, 0.717) is 5.82 Å². The standard InChI is InChI=1S/C11H11N3O.BrH/c1-7-6-10(13-14-11(7)12)8-2-4-9(15)5-3-8;/h2-6,15H,1H3,(H2,12,14);1H. The Bertz CT molecular complexity index is 485. The average Bonchev–Trinajstić information content (AvgIpc) is 2.23. The third-order valence-corrected chi connectivity index (χ3v) is 2.19. The molecule has 1 aromatic carbocycles. The van der Waals surface area contributed by atoms with Crippen LogP contribution in [0.5, 0.6) is 5.75 Å². The quantitative estimate of drug-likeness (QED) is 0.842. The molecule has 0 saturated heterocycles. The van der Waals surface area contributed by atoms with E-state index in [2.05, 4.69) is 10.2 Å². The molecule has 2 aromatic rings. The zero-order valence-electron chi connectivity index (χ0n) is 8.71. The first kappa shape index (κ1) is 12.4. The van der Waals surface area contributed by atoms with Crippen molar-refractivity contribution in [3.63, 3.8) is 0 Å². The lowest BCUT2D eigenvalue weighted by Gasteiger charge is -2.02. The summed E-state index contributed by atoms with van der Waals surface area (Å²) < 4.78 is 0. The highest BCUT2D eigenvalue weighted by Gasteiger charge is 2.02. The third-order valence-electron chi connectivity index (χ3n) is 2.19. The molecule has 0 bridgehead atoms. The van der Waals surface area contributed by atoms with Crippen LogP contribution < -0.4 is 5.73 Å². The number of benzene rings is 1. The van der Waals surface area contributed by atoms with Gasteiger partial charge in [-0.3, -0.25) is 0 Å². The van der Waals surface area contributed by atoms with Crippen LogP contribution in [0, 0.1) is 6.92 Å². The number of aromatic nitrogens is 2. The van der Waals surface area contributed by atoms with Crippen LogP contribution in [0.4, 0.5) is 5.82 Å². The fourth-order valence-corrected chi connectivity index (χ4v) is 1.27. The van der Waals surface area contributed by atoms with Gasteiger partial charge >= 0.3 is 0 Å². The highest BCUT2D eigenvalue weighted by atomic mass is 79.9. The fourth-order valence-electron chi connectivity index (χ4n) is 1.27. The van der Waals surface area contributed by atoms with Crippen LogP contribution >= 0.6 is 17.0 Å². The van der Waals surface area contributed by atoms with Crippen molar-refractivity contribution in [1.82, 2.24) is 10.2 Å². The van der Waals surface area contributed by atoms with Crippen LogP contribution in [-0.4, -0.2) is 15.3 Å². The number of hydrogen-bond acceptors (Lipinski definition) is 4. The maximum Gasteiger partial charge on any atom is 0.149 e. The van der Waals surface area contributed by atoms with Crippen molar-refractivity contribution >= 4 is 22.8 Å². The summed E-state index contributed by atoms with van der Waals surface area (Å²) in [6.07, 6.45) is 0. The van der Waals surface area contributed by atoms with E-state index in [1.165, 1.54) is 0 Å².